The zero-order valence-electron chi connectivity index (χ0n) is 8.55. The van der Waals surface area contributed by atoms with Crippen LogP contribution in [0.4, 0.5) is 0 Å². The van der Waals surface area contributed by atoms with E-state index in [-0.39, 0.29) is 6.42 Å². The Bertz CT molecular complexity index is 131. The summed E-state index contributed by atoms with van der Waals surface area (Å²) < 4.78 is 1.16. The van der Waals surface area contributed by atoms with Crippen molar-refractivity contribution in [3.8, 4) is 0 Å². The van der Waals surface area contributed by atoms with E-state index in [1.165, 1.54) is 19.3 Å². The summed E-state index contributed by atoms with van der Waals surface area (Å²) in [5.74, 6) is -0.961. The molecule has 1 aliphatic rings. The van der Waals surface area contributed by atoms with Crippen LogP contribution < -0.4 is 5.11 Å². The third-order valence-corrected chi connectivity index (χ3v) is 3.89. The molecule has 1 aliphatic carbocycles. The van der Waals surface area contributed by atoms with Crippen LogP contribution in [-0.2, 0) is 23.1 Å². The Morgan fingerprint density at radius 3 is 2.08 bits per heavy atom. The number of carbonyl (C=O) groups excluding carboxylic acids is 1. The summed E-state index contributed by atoms with van der Waals surface area (Å²) in [5, 5.41) is 9.49. The van der Waals surface area contributed by atoms with E-state index in [1.807, 2.05) is 0 Å². The van der Waals surface area contributed by atoms with Crippen molar-refractivity contribution in [2.45, 2.75) is 56.4 Å². The summed E-state index contributed by atoms with van der Waals surface area (Å²) in [7, 11) is 0. The van der Waals surface area contributed by atoms with Crippen molar-refractivity contribution >= 4 is 5.97 Å². The molecule has 3 heteroatoms. The molecule has 0 saturated heterocycles. The summed E-state index contributed by atoms with van der Waals surface area (Å²) in [6.07, 6.45) is 8.48. The van der Waals surface area contributed by atoms with Gasteiger partial charge in [0.05, 0.1) is 0 Å². The van der Waals surface area contributed by atoms with Crippen LogP contribution in [0.1, 0.15) is 51.9 Å². The van der Waals surface area contributed by atoms with Crippen LogP contribution >= 0.6 is 0 Å². The minimum atomic E-state index is -0.961. The van der Waals surface area contributed by atoms with Crippen LogP contribution in [0.2, 0.25) is 4.51 Å². The number of hydrogen-bond donors (Lipinski definition) is 0. The van der Waals surface area contributed by atoms with E-state index in [4.69, 9.17) is 0 Å². The SMILES string of the molecule is CCCC(=O)[O-].[Zn+][CH]1CCCCC1. The first kappa shape index (κ1) is 13.1. The summed E-state index contributed by atoms with van der Waals surface area (Å²) >= 11 is 1.54. The quantitative estimate of drug-likeness (QED) is 0.685. The molecule has 1 rings (SSSR count). The third-order valence-electron chi connectivity index (χ3n) is 2.18. The Morgan fingerprint density at radius 2 is 1.92 bits per heavy atom. The Morgan fingerprint density at radius 1 is 1.38 bits per heavy atom. The van der Waals surface area contributed by atoms with E-state index in [1.54, 1.807) is 38.1 Å². The van der Waals surface area contributed by atoms with Gasteiger partial charge in [-0.1, -0.05) is 13.3 Å². The third kappa shape index (κ3) is 10.0. The van der Waals surface area contributed by atoms with Gasteiger partial charge in [-0.25, -0.2) is 0 Å². The summed E-state index contributed by atoms with van der Waals surface area (Å²) in [4.78, 5) is 9.49. The van der Waals surface area contributed by atoms with E-state index in [0.717, 1.165) is 4.51 Å². The topological polar surface area (TPSA) is 40.1 Å². The molecule has 0 radical (unpaired) electrons. The van der Waals surface area contributed by atoms with Crippen LogP contribution in [0.15, 0.2) is 0 Å². The fraction of sp³-hybridized carbons (Fsp3) is 0.900. The van der Waals surface area contributed by atoms with Crippen LogP contribution in [-0.4, -0.2) is 5.97 Å². The van der Waals surface area contributed by atoms with Crippen molar-refractivity contribution < 1.29 is 28.2 Å². The zero-order valence-corrected chi connectivity index (χ0v) is 11.5. The fourth-order valence-corrected chi connectivity index (χ4v) is 2.60. The molecule has 13 heavy (non-hydrogen) atoms. The number of hydrogen-bond acceptors (Lipinski definition) is 2. The maximum absolute atomic E-state index is 9.49. The van der Waals surface area contributed by atoms with Crippen LogP contribution in [0.25, 0.3) is 0 Å². The average Bonchev–Trinajstić information content (AvgIpc) is 2.06. The summed E-state index contributed by atoms with van der Waals surface area (Å²) in [6.45, 7) is 1.80. The molecule has 0 unspecified atom stereocenters. The van der Waals surface area contributed by atoms with Gasteiger partial charge in [0, 0.05) is 5.97 Å². The molecule has 0 spiro atoms. The Hall–Kier alpha value is 0.0934. The maximum atomic E-state index is 9.49. The molecule has 0 aliphatic heterocycles. The number of aliphatic carboxylic acids is 1. The van der Waals surface area contributed by atoms with Gasteiger partial charge in [-0.2, -0.15) is 0 Å². The number of carboxylic acid groups (broad SMARTS) is 1. The Kier molecular flexibility index (Phi) is 8.74. The molecule has 0 aromatic rings. The normalized spacial score (nSPS) is 17.5. The van der Waals surface area contributed by atoms with Crippen LogP contribution in [0, 0.1) is 0 Å². The van der Waals surface area contributed by atoms with Gasteiger partial charge in [0.1, 0.15) is 0 Å². The van der Waals surface area contributed by atoms with Crippen molar-refractivity contribution in [3.05, 3.63) is 0 Å². The molecule has 2 nitrogen and oxygen atoms in total. The molecule has 0 aromatic heterocycles. The molecule has 0 N–H and O–H groups in total. The molecule has 0 heterocycles. The van der Waals surface area contributed by atoms with Crippen LogP contribution in [0.5, 0.6) is 0 Å². The molecule has 1 fully saturated rings. The van der Waals surface area contributed by atoms with Crippen LogP contribution in [0.3, 0.4) is 0 Å². The van der Waals surface area contributed by atoms with E-state index < -0.39 is 5.97 Å². The fourth-order valence-electron chi connectivity index (χ4n) is 1.39. The molecule has 0 bridgehead atoms. The molecule has 0 amide bonds. The second kappa shape index (κ2) is 8.68. The number of rotatable bonds is 2. The van der Waals surface area contributed by atoms with Gasteiger partial charge in [-0.15, -0.1) is 0 Å². The summed E-state index contributed by atoms with van der Waals surface area (Å²) in [6, 6.07) is 0. The number of carbonyl (C=O) groups is 1. The average molecular weight is 236 g/mol. The molecular formula is C10H18O2Zn. The van der Waals surface area contributed by atoms with Gasteiger partial charge in [0.2, 0.25) is 0 Å². The monoisotopic (exact) mass is 234 g/mol. The number of carboxylic acids is 1. The second-order valence-corrected chi connectivity index (χ2v) is 6.05. The molecule has 0 atom stereocenters. The van der Waals surface area contributed by atoms with Gasteiger partial charge >= 0.3 is 54.9 Å². The van der Waals surface area contributed by atoms with Crippen molar-refractivity contribution in [1.82, 2.24) is 0 Å². The van der Waals surface area contributed by atoms with Crippen molar-refractivity contribution in [1.29, 1.82) is 0 Å². The van der Waals surface area contributed by atoms with Gasteiger partial charge < -0.3 is 9.90 Å². The first-order valence-corrected chi connectivity index (χ1v) is 6.91. The van der Waals surface area contributed by atoms with Crippen molar-refractivity contribution in [3.63, 3.8) is 0 Å². The van der Waals surface area contributed by atoms with Crippen molar-refractivity contribution in [2.24, 2.45) is 0 Å². The van der Waals surface area contributed by atoms with Gasteiger partial charge in [-0.05, 0) is 6.42 Å². The zero-order chi connectivity index (χ0) is 10.1. The molecule has 1 saturated carbocycles. The molecule has 0 aromatic carbocycles. The van der Waals surface area contributed by atoms with Crippen molar-refractivity contribution in [2.75, 3.05) is 0 Å². The molecule has 72 valence electrons. The van der Waals surface area contributed by atoms with E-state index in [0.29, 0.717) is 6.42 Å². The Balaban J connectivity index is 0.000000226. The van der Waals surface area contributed by atoms with E-state index >= 15 is 0 Å². The van der Waals surface area contributed by atoms with E-state index in [2.05, 4.69) is 0 Å². The van der Waals surface area contributed by atoms with Gasteiger partial charge in [-0.3, -0.25) is 0 Å². The standard InChI is InChI=1S/C6H11.C4H8O2.Zn/c1-2-4-6-5-3-1;1-2-3-4(5)6;/h1H,2-6H2;2-3H2,1H3,(H,5,6);/q;;+1/p-1. The predicted octanol–water partition coefficient (Wildman–Crippen LogP) is 1.82. The Labute approximate surface area is 90.8 Å². The summed E-state index contributed by atoms with van der Waals surface area (Å²) in [5.41, 5.74) is 0. The second-order valence-electron chi connectivity index (χ2n) is 3.63. The minimum absolute atomic E-state index is 0.181. The van der Waals surface area contributed by atoms with Gasteiger partial charge in [0.15, 0.2) is 0 Å². The first-order chi connectivity index (χ1) is 6.16. The van der Waals surface area contributed by atoms with Gasteiger partial charge in [0.25, 0.3) is 0 Å². The predicted molar refractivity (Wildman–Crippen MR) is 46.8 cm³/mol. The molecular weight excluding hydrogens is 217 g/mol. The van der Waals surface area contributed by atoms with E-state index in [9.17, 15) is 9.90 Å². The first-order valence-electron chi connectivity index (χ1n) is 5.19.